The van der Waals surface area contributed by atoms with Crippen molar-refractivity contribution >= 4 is 72.2 Å². The number of hydrogen-bond donors (Lipinski definition) is 1. The molecule has 0 unspecified atom stereocenters. The molecule has 0 amide bonds. The first-order valence-electron chi connectivity index (χ1n) is 10.7. The number of piperidine rings is 1. The van der Waals surface area contributed by atoms with Gasteiger partial charge in [-0.25, -0.2) is 13.4 Å². The third-order valence-corrected chi connectivity index (χ3v) is 9.40. The molecule has 0 spiro atoms. The molecule has 7 nitrogen and oxygen atoms in total. The van der Waals surface area contributed by atoms with Crippen molar-refractivity contribution in [3.8, 4) is 11.3 Å². The Hall–Kier alpha value is -1.88. The Labute approximate surface area is 226 Å². The molecule has 0 saturated carbocycles. The Morgan fingerprint density at radius 3 is 2.46 bits per heavy atom. The van der Waals surface area contributed by atoms with E-state index in [4.69, 9.17) is 39.8 Å². The highest BCUT2D eigenvalue weighted by Crippen LogP contribution is 2.32. The van der Waals surface area contributed by atoms with E-state index in [1.54, 1.807) is 10.7 Å². The second kappa shape index (κ2) is 9.88. The molecular formula is C23H19BrCl3N5O2S. The predicted octanol–water partition coefficient (Wildman–Crippen LogP) is 6.38. The number of aromatic nitrogens is 3. The molecule has 0 aliphatic carbocycles. The highest BCUT2D eigenvalue weighted by Gasteiger charge is 2.31. The quantitative estimate of drug-likeness (QED) is 0.282. The van der Waals surface area contributed by atoms with Crippen molar-refractivity contribution in [2.24, 2.45) is 0 Å². The minimum absolute atomic E-state index is 0.0369. The average molecular weight is 616 g/mol. The summed E-state index contributed by atoms with van der Waals surface area (Å²) in [6.45, 7) is 0.709. The highest BCUT2D eigenvalue weighted by molar-refractivity contribution is 9.10. The van der Waals surface area contributed by atoms with Crippen molar-refractivity contribution in [2.45, 2.75) is 23.8 Å². The number of sulfonamides is 1. The summed E-state index contributed by atoms with van der Waals surface area (Å²) in [5.41, 5.74) is 2.18. The summed E-state index contributed by atoms with van der Waals surface area (Å²) in [6, 6.07) is 13.9. The Morgan fingerprint density at radius 1 is 1.00 bits per heavy atom. The van der Waals surface area contributed by atoms with Crippen LogP contribution in [0.4, 0.5) is 5.82 Å². The van der Waals surface area contributed by atoms with Gasteiger partial charge < -0.3 is 5.32 Å². The van der Waals surface area contributed by atoms with E-state index in [0.717, 1.165) is 15.9 Å². The molecule has 1 fully saturated rings. The van der Waals surface area contributed by atoms with Crippen molar-refractivity contribution in [1.29, 1.82) is 0 Å². The lowest BCUT2D eigenvalue weighted by Gasteiger charge is -2.32. The molecule has 12 heteroatoms. The molecule has 4 aromatic rings. The largest absolute Gasteiger partial charge is 0.367 e. The summed E-state index contributed by atoms with van der Waals surface area (Å²) in [5, 5.41) is 9.07. The van der Waals surface area contributed by atoms with Gasteiger partial charge in [0.15, 0.2) is 5.65 Å². The first-order valence-corrected chi connectivity index (χ1v) is 14.1. The third kappa shape index (κ3) is 4.90. The van der Waals surface area contributed by atoms with Gasteiger partial charge in [0.25, 0.3) is 0 Å². The second-order valence-corrected chi connectivity index (χ2v) is 12.1. The van der Waals surface area contributed by atoms with Crippen LogP contribution in [0, 0.1) is 0 Å². The van der Waals surface area contributed by atoms with Crippen LogP contribution in [-0.4, -0.2) is 46.5 Å². The molecule has 1 saturated heterocycles. The number of hydrogen-bond acceptors (Lipinski definition) is 5. The fraction of sp³-hybridized carbons (Fsp3) is 0.217. The van der Waals surface area contributed by atoms with Crippen LogP contribution >= 0.6 is 50.7 Å². The molecule has 182 valence electrons. The van der Waals surface area contributed by atoms with Crippen LogP contribution < -0.4 is 5.32 Å². The first-order chi connectivity index (χ1) is 16.7. The van der Waals surface area contributed by atoms with E-state index in [1.165, 1.54) is 22.5 Å². The number of nitrogens with one attached hydrogen (secondary N) is 1. The SMILES string of the molecule is O=S(=O)(c1ccc(Cl)cc1Cl)N1CCC(Nc2cc(-c3ccccc3Cl)nc3c(Br)cnn23)CC1. The summed E-state index contributed by atoms with van der Waals surface area (Å²) in [5.74, 6) is 0.748. The summed E-state index contributed by atoms with van der Waals surface area (Å²) in [4.78, 5) is 4.80. The van der Waals surface area contributed by atoms with Crippen LogP contribution in [0.25, 0.3) is 16.9 Å². The number of halogens is 4. The van der Waals surface area contributed by atoms with Crippen molar-refractivity contribution in [3.05, 3.63) is 74.3 Å². The molecular weight excluding hydrogens is 597 g/mol. The molecule has 0 atom stereocenters. The Morgan fingerprint density at radius 2 is 1.74 bits per heavy atom. The molecule has 5 rings (SSSR count). The van der Waals surface area contributed by atoms with E-state index in [2.05, 4.69) is 26.3 Å². The Bertz CT molecular complexity index is 1520. The van der Waals surface area contributed by atoms with Gasteiger partial charge >= 0.3 is 0 Å². The Balaban J connectivity index is 1.38. The lowest BCUT2D eigenvalue weighted by molar-refractivity contribution is 0.329. The normalized spacial score (nSPS) is 15.5. The van der Waals surface area contributed by atoms with Crippen LogP contribution in [0.3, 0.4) is 0 Å². The van der Waals surface area contributed by atoms with Crippen molar-refractivity contribution in [3.63, 3.8) is 0 Å². The predicted molar refractivity (Wildman–Crippen MR) is 143 cm³/mol. The van der Waals surface area contributed by atoms with Crippen LogP contribution in [0.15, 0.2) is 64.1 Å². The minimum Gasteiger partial charge on any atom is -0.367 e. The van der Waals surface area contributed by atoms with Crippen LogP contribution in [0.2, 0.25) is 15.1 Å². The fourth-order valence-electron chi connectivity index (χ4n) is 4.12. The molecule has 35 heavy (non-hydrogen) atoms. The smallest absolute Gasteiger partial charge is 0.244 e. The fourth-order valence-corrected chi connectivity index (χ4v) is 6.92. The van der Waals surface area contributed by atoms with E-state index in [-0.39, 0.29) is 16.0 Å². The average Bonchev–Trinajstić information content (AvgIpc) is 3.20. The van der Waals surface area contributed by atoms with E-state index in [1.807, 2.05) is 30.3 Å². The zero-order valence-electron chi connectivity index (χ0n) is 18.1. The summed E-state index contributed by atoms with van der Waals surface area (Å²) < 4.78 is 30.2. The molecule has 1 N–H and O–H groups in total. The van der Waals surface area contributed by atoms with E-state index < -0.39 is 10.0 Å². The molecule has 1 aliphatic heterocycles. The maximum absolute atomic E-state index is 13.1. The van der Waals surface area contributed by atoms with Gasteiger partial charge in [0, 0.05) is 40.8 Å². The van der Waals surface area contributed by atoms with Gasteiger partial charge in [0.2, 0.25) is 10.0 Å². The standard InChI is InChI=1S/C23H19BrCl3N5O2S/c24-17-13-28-32-22(12-20(30-23(17)32)16-3-1-2-4-18(16)26)29-15-7-9-31(10-8-15)35(33,34)21-6-5-14(25)11-19(21)27/h1-6,11-13,15,29H,7-10H2. The van der Waals surface area contributed by atoms with Gasteiger partial charge in [0.1, 0.15) is 10.7 Å². The van der Waals surface area contributed by atoms with Gasteiger partial charge in [0.05, 0.1) is 21.4 Å². The van der Waals surface area contributed by atoms with E-state index in [0.29, 0.717) is 47.3 Å². The lowest BCUT2D eigenvalue weighted by atomic mass is 10.1. The zero-order valence-corrected chi connectivity index (χ0v) is 22.8. The maximum Gasteiger partial charge on any atom is 0.244 e. The number of rotatable bonds is 5. The third-order valence-electron chi connectivity index (χ3n) is 5.90. The lowest BCUT2D eigenvalue weighted by Crippen LogP contribution is -2.42. The van der Waals surface area contributed by atoms with Crippen LogP contribution in [-0.2, 0) is 10.0 Å². The maximum atomic E-state index is 13.1. The highest BCUT2D eigenvalue weighted by atomic mass is 79.9. The minimum atomic E-state index is -3.72. The van der Waals surface area contributed by atoms with Gasteiger partial charge in [-0.2, -0.15) is 13.9 Å². The number of nitrogens with zero attached hydrogens (tertiary/aromatic N) is 4. The summed E-state index contributed by atoms with van der Waals surface area (Å²) >= 11 is 22.0. The summed E-state index contributed by atoms with van der Waals surface area (Å²) in [7, 11) is -3.72. The van der Waals surface area contributed by atoms with Gasteiger partial charge in [-0.1, -0.05) is 53.0 Å². The van der Waals surface area contributed by atoms with E-state index in [9.17, 15) is 8.42 Å². The monoisotopic (exact) mass is 613 g/mol. The number of anilines is 1. The molecule has 1 aliphatic rings. The van der Waals surface area contributed by atoms with Crippen molar-refractivity contribution in [2.75, 3.05) is 18.4 Å². The number of benzene rings is 2. The van der Waals surface area contributed by atoms with Crippen molar-refractivity contribution in [1.82, 2.24) is 18.9 Å². The second-order valence-electron chi connectivity index (χ2n) is 8.13. The van der Waals surface area contributed by atoms with Crippen LogP contribution in [0.5, 0.6) is 0 Å². The van der Waals surface area contributed by atoms with Gasteiger partial charge in [-0.15, -0.1) is 0 Å². The van der Waals surface area contributed by atoms with Gasteiger partial charge in [-0.05, 0) is 53.0 Å². The Kier molecular flexibility index (Phi) is 7.00. The molecule has 0 bridgehead atoms. The van der Waals surface area contributed by atoms with Crippen LogP contribution in [0.1, 0.15) is 12.8 Å². The summed E-state index contributed by atoms with van der Waals surface area (Å²) in [6.07, 6.45) is 2.91. The molecule has 3 heterocycles. The first kappa shape index (κ1) is 24.8. The molecule has 2 aromatic carbocycles. The molecule has 0 radical (unpaired) electrons. The van der Waals surface area contributed by atoms with Gasteiger partial charge in [-0.3, -0.25) is 0 Å². The number of fused-ring (bicyclic) bond motifs is 1. The molecule has 2 aromatic heterocycles. The topological polar surface area (TPSA) is 79.6 Å². The zero-order chi connectivity index (χ0) is 24.7. The van der Waals surface area contributed by atoms with E-state index >= 15 is 0 Å². The van der Waals surface area contributed by atoms with Crippen molar-refractivity contribution < 1.29 is 8.42 Å².